The average Bonchev–Trinajstić information content (AvgIpc) is 3.01. The van der Waals surface area contributed by atoms with Crippen LogP contribution in [-0.2, 0) is 0 Å². The van der Waals surface area contributed by atoms with E-state index < -0.39 is 0 Å². The van der Waals surface area contributed by atoms with Crippen LogP contribution in [0.4, 0.5) is 0 Å². The van der Waals surface area contributed by atoms with E-state index in [0.717, 1.165) is 29.7 Å². The van der Waals surface area contributed by atoms with E-state index in [0.29, 0.717) is 17.6 Å². The van der Waals surface area contributed by atoms with E-state index in [1.165, 1.54) is 32.5 Å². The number of piperidine rings is 1. The Hall–Kier alpha value is -0.120. The van der Waals surface area contributed by atoms with Crippen LogP contribution in [-0.4, -0.2) is 42.8 Å². The van der Waals surface area contributed by atoms with Gasteiger partial charge in [-0.2, -0.15) is 0 Å². The van der Waals surface area contributed by atoms with E-state index in [1.807, 2.05) is 0 Å². The molecule has 3 heteroatoms. The molecule has 0 aliphatic carbocycles. The lowest BCUT2D eigenvalue weighted by Gasteiger charge is -2.44. The van der Waals surface area contributed by atoms with Gasteiger partial charge in [-0.1, -0.05) is 41.5 Å². The van der Waals surface area contributed by atoms with Crippen molar-refractivity contribution in [2.45, 2.75) is 72.6 Å². The van der Waals surface area contributed by atoms with E-state index in [1.54, 1.807) is 0 Å². The summed E-state index contributed by atoms with van der Waals surface area (Å²) in [5.41, 5.74) is 0.402. The molecule has 128 valence electrons. The first kappa shape index (κ1) is 16.7. The maximum Gasteiger partial charge on any atom is 0.0638 e. The highest BCUT2D eigenvalue weighted by Gasteiger charge is 2.60. The Kier molecular flexibility index (Phi) is 4.61. The molecule has 6 atom stereocenters. The van der Waals surface area contributed by atoms with Crippen LogP contribution in [0.3, 0.4) is 0 Å². The second kappa shape index (κ2) is 6.07. The zero-order valence-corrected chi connectivity index (χ0v) is 15.5. The number of nitrogens with zero attached hydrogens (tertiary/aromatic N) is 1. The Labute approximate surface area is 137 Å². The Morgan fingerprint density at radius 3 is 2.55 bits per heavy atom. The molecule has 3 fully saturated rings. The Morgan fingerprint density at radius 2 is 1.95 bits per heavy atom. The molecule has 3 rings (SSSR count). The molecule has 0 amide bonds. The predicted molar refractivity (Wildman–Crippen MR) is 93.7 cm³/mol. The summed E-state index contributed by atoms with van der Waals surface area (Å²) in [6.45, 7) is 18.2. The number of hydrogen-bond donors (Lipinski definition) is 2. The number of nitrogens with one attached hydrogen (secondary N) is 2. The molecule has 6 unspecified atom stereocenters. The minimum atomic E-state index is 0.402. The maximum absolute atomic E-state index is 4.03. The summed E-state index contributed by atoms with van der Waals surface area (Å²) in [5, 5.41) is 7.62. The second-order valence-electron chi connectivity index (χ2n) is 8.89. The summed E-state index contributed by atoms with van der Waals surface area (Å²) in [4.78, 5) is 2.83. The van der Waals surface area contributed by atoms with E-state index in [9.17, 15) is 0 Å². The van der Waals surface area contributed by atoms with Crippen molar-refractivity contribution in [2.75, 3.05) is 19.6 Å². The van der Waals surface area contributed by atoms with Gasteiger partial charge in [0.2, 0.25) is 0 Å². The molecule has 0 radical (unpaired) electrons. The Bertz CT molecular complexity index is 392. The molecule has 3 aliphatic heterocycles. The third-order valence-electron chi connectivity index (χ3n) is 7.15. The van der Waals surface area contributed by atoms with Crippen molar-refractivity contribution in [1.82, 2.24) is 15.5 Å². The van der Waals surface area contributed by atoms with Crippen LogP contribution in [0, 0.1) is 29.1 Å². The predicted octanol–water partition coefficient (Wildman–Crippen LogP) is 2.92. The van der Waals surface area contributed by atoms with Gasteiger partial charge in [0, 0.05) is 18.6 Å². The summed E-state index contributed by atoms with van der Waals surface area (Å²) >= 11 is 0. The fourth-order valence-corrected chi connectivity index (χ4v) is 5.89. The first-order valence-electron chi connectivity index (χ1n) is 9.64. The monoisotopic (exact) mass is 307 g/mol. The summed E-state index contributed by atoms with van der Waals surface area (Å²) in [6, 6.07) is 1.42. The molecule has 3 heterocycles. The van der Waals surface area contributed by atoms with Gasteiger partial charge in [-0.3, -0.25) is 10.2 Å². The number of rotatable bonds is 4. The molecular formula is C19H37N3. The molecule has 2 N–H and O–H groups in total. The molecule has 0 aromatic rings. The molecule has 3 saturated heterocycles. The van der Waals surface area contributed by atoms with Crippen molar-refractivity contribution in [3.05, 3.63) is 0 Å². The fraction of sp³-hybridized carbons (Fsp3) is 1.00. The normalized spacial score (nSPS) is 42.7. The van der Waals surface area contributed by atoms with Gasteiger partial charge in [0.25, 0.3) is 0 Å². The third kappa shape index (κ3) is 2.44. The summed E-state index contributed by atoms with van der Waals surface area (Å²) in [6.07, 6.45) is 3.24. The largest absolute Gasteiger partial charge is 0.315 e. The minimum absolute atomic E-state index is 0.402. The lowest BCUT2D eigenvalue weighted by atomic mass is 9.66. The summed E-state index contributed by atoms with van der Waals surface area (Å²) in [7, 11) is 0. The quantitative estimate of drug-likeness (QED) is 0.836. The summed E-state index contributed by atoms with van der Waals surface area (Å²) in [5.74, 6) is 3.34. The third-order valence-corrected chi connectivity index (χ3v) is 7.15. The molecule has 3 nitrogen and oxygen atoms in total. The zero-order chi connectivity index (χ0) is 16.1. The molecular weight excluding hydrogens is 270 g/mol. The van der Waals surface area contributed by atoms with Crippen molar-refractivity contribution >= 4 is 0 Å². The van der Waals surface area contributed by atoms with Crippen LogP contribution in [0.15, 0.2) is 0 Å². The van der Waals surface area contributed by atoms with Gasteiger partial charge in [-0.05, 0) is 55.0 Å². The number of hydrogen-bond acceptors (Lipinski definition) is 3. The second-order valence-corrected chi connectivity index (χ2v) is 8.89. The van der Waals surface area contributed by atoms with Crippen molar-refractivity contribution in [3.63, 3.8) is 0 Å². The number of fused-ring (bicyclic) bond motifs is 3. The maximum atomic E-state index is 4.03. The molecule has 0 aromatic carbocycles. The molecule has 0 spiro atoms. The standard InChI is InChI=1S/C19H37N3/c1-7-19(5,6)17-15(12(3)4)16-13-9-10-20-11-14(13)21-18(16)22(17)8-2/h12-18,20-21H,7-11H2,1-6H3. The molecule has 0 saturated carbocycles. The van der Waals surface area contributed by atoms with Gasteiger partial charge in [0.15, 0.2) is 0 Å². The average molecular weight is 308 g/mol. The van der Waals surface area contributed by atoms with Gasteiger partial charge >= 0.3 is 0 Å². The topological polar surface area (TPSA) is 27.3 Å². The molecule has 0 aromatic heterocycles. The van der Waals surface area contributed by atoms with E-state index in [4.69, 9.17) is 0 Å². The zero-order valence-electron chi connectivity index (χ0n) is 15.5. The van der Waals surface area contributed by atoms with Gasteiger partial charge in [-0.25, -0.2) is 0 Å². The van der Waals surface area contributed by atoms with E-state index in [2.05, 4.69) is 57.1 Å². The van der Waals surface area contributed by atoms with Crippen LogP contribution in [0.2, 0.25) is 0 Å². The lowest BCUT2D eigenvalue weighted by Crippen LogP contribution is -2.54. The fourth-order valence-electron chi connectivity index (χ4n) is 5.89. The lowest BCUT2D eigenvalue weighted by molar-refractivity contribution is 0.0484. The Balaban J connectivity index is 1.96. The van der Waals surface area contributed by atoms with Gasteiger partial charge in [0.1, 0.15) is 0 Å². The first-order valence-corrected chi connectivity index (χ1v) is 9.64. The molecule has 0 bridgehead atoms. The van der Waals surface area contributed by atoms with Crippen LogP contribution in [0.5, 0.6) is 0 Å². The minimum Gasteiger partial charge on any atom is -0.315 e. The smallest absolute Gasteiger partial charge is 0.0638 e. The van der Waals surface area contributed by atoms with Crippen molar-refractivity contribution in [2.24, 2.45) is 29.1 Å². The van der Waals surface area contributed by atoms with Crippen LogP contribution in [0.1, 0.15) is 54.4 Å². The summed E-state index contributed by atoms with van der Waals surface area (Å²) < 4.78 is 0. The van der Waals surface area contributed by atoms with Crippen LogP contribution < -0.4 is 10.6 Å². The highest BCUT2D eigenvalue weighted by Crippen LogP contribution is 2.53. The van der Waals surface area contributed by atoms with Crippen LogP contribution in [0.25, 0.3) is 0 Å². The van der Waals surface area contributed by atoms with Gasteiger partial charge in [0.05, 0.1) is 6.17 Å². The highest BCUT2D eigenvalue weighted by atomic mass is 15.4. The molecule has 22 heavy (non-hydrogen) atoms. The van der Waals surface area contributed by atoms with Gasteiger partial charge < -0.3 is 5.32 Å². The molecule has 3 aliphatic rings. The van der Waals surface area contributed by atoms with E-state index in [-0.39, 0.29) is 0 Å². The van der Waals surface area contributed by atoms with Crippen LogP contribution >= 0.6 is 0 Å². The SMILES string of the molecule is CCN1C2NC3CNCCC3C2C(C(C)C)C1C(C)(C)CC. The van der Waals surface area contributed by atoms with Crippen molar-refractivity contribution in [3.8, 4) is 0 Å². The van der Waals surface area contributed by atoms with Gasteiger partial charge in [-0.15, -0.1) is 0 Å². The first-order chi connectivity index (χ1) is 10.4. The number of likely N-dealkylation sites (tertiary alicyclic amines) is 1. The Morgan fingerprint density at radius 1 is 1.23 bits per heavy atom. The van der Waals surface area contributed by atoms with Crippen molar-refractivity contribution < 1.29 is 0 Å². The van der Waals surface area contributed by atoms with Crippen molar-refractivity contribution in [1.29, 1.82) is 0 Å². The van der Waals surface area contributed by atoms with E-state index >= 15 is 0 Å². The highest BCUT2D eigenvalue weighted by molar-refractivity contribution is 5.12.